The van der Waals surface area contributed by atoms with Crippen LogP contribution in [0.15, 0.2) is 29.2 Å². The summed E-state index contributed by atoms with van der Waals surface area (Å²) >= 11 is 0. The molecule has 1 aromatic rings. The quantitative estimate of drug-likeness (QED) is 0.753. The summed E-state index contributed by atoms with van der Waals surface area (Å²) in [6.07, 6.45) is 2.14. The van der Waals surface area contributed by atoms with Crippen molar-refractivity contribution in [3.63, 3.8) is 0 Å². The second-order valence-corrected chi connectivity index (χ2v) is 7.54. The highest BCUT2D eigenvalue weighted by atomic mass is 35.5. The van der Waals surface area contributed by atoms with Crippen LogP contribution in [0, 0.1) is 5.92 Å². The molecule has 1 fully saturated rings. The minimum Gasteiger partial charge on any atom is -0.356 e. The fourth-order valence-electron chi connectivity index (χ4n) is 2.52. The Morgan fingerprint density at radius 1 is 1.29 bits per heavy atom. The number of hydrogen-bond acceptors (Lipinski definition) is 4. The Balaban J connectivity index is 0.00000288. The second kappa shape index (κ2) is 9.29. The number of rotatable bonds is 7. The normalized spacial score (nSPS) is 17.5. The van der Waals surface area contributed by atoms with E-state index in [4.69, 9.17) is 0 Å². The molecule has 1 aliphatic heterocycles. The molecule has 1 saturated heterocycles. The molecular weight excluding hydrogens is 362 g/mol. The Morgan fingerprint density at radius 3 is 2.50 bits per heavy atom. The highest BCUT2D eigenvalue weighted by molar-refractivity contribution is 7.91. The number of amides is 1. The number of hydrogen-bond donors (Lipinski definition) is 2. The molecule has 0 radical (unpaired) electrons. The summed E-state index contributed by atoms with van der Waals surface area (Å²) in [5.41, 5.74) is 0.582. The number of benzene rings is 1. The van der Waals surface area contributed by atoms with Crippen molar-refractivity contribution in [2.24, 2.45) is 5.92 Å². The first-order valence-electron chi connectivity index (χ1n) is 7.48. The van der Waals surface area contributed by atoms with Gasteiger partial charge < -0.3 is 10.6 Å². The zero-order valence-corrected chi connectivity index (χ0v) is 14.6. The number of sulfone groups is 1. The molecular formula is C15H21ClF2N2O3S. The van der Waals surface area contributed by atoms with Gasteiger partial charge in [0, 0.05) is 6.54 Å². The summed E-state index contributed by atoms with van der Waals surface area (Å²) in [6.45, 7) is 2.60. The summed E-state index contributed by atoms with van der Waals surface area (Å²) in [7, 11) is -4.59. The van der Waals surface area contributed by atoms with Gasteiger partial charge in [-0.1, -0.05) is 12.1 Å². The van der Waals surface area contributed by atoms with Crippen LogP contribution < -0.4 is 10.6 Å². The first-order chi connectivity index (χ1) is 10.9. The zero-order valence-electron chi connectivity index (χ0n) is 13.0. The average molecular weight is 383 g/mol. The Morgan fingerprint density at radius 2 is 1.96 bits per heavy atom. The van der Waals surface area contributed by atoms with Crippen LogP contribution in [0.1, 0.15) is 18.4 Å². The smallest absolute Gasteiger partial charge is 0.341 e. The Bertz CT molecular complexity index is 633. The summed E-state index contributed by atoms with van der Waals surface area (Å²) in [5, 5.41) is 6.08. The van der Waals surface area contributed by atoms with E-state index in [9.17, 15) is 22.0 Å². The van der Waals surface area contributed by atoms with Crippen LogP contribution in [0.4, 0.5) is 8.78 Å². The highest BCUT2D eigenvalue weighted by Crippen LogP contribution is 2.18. The molecule has 9 heteroatoms. The van der Waals surface area contributed by atoms with Crippen molar-refractivity contribution >= 4 is 28.2 Å². The fraction of sp³-hybridized carbons (Fsp3) is 0.533. The number of carbonyl (C=O) groups is 1. The topological polar surface area (TPSA) is 75.3 Å². The third-order valence-corrected chi connectivity index (χ3v) is 5.29. The van der Waals surface area contributed by atoms with Gasteiger partial charge in [0.1, 0.15) is 0 Å². The van der Waals surface area contributed by atoms with Crippen LogP contribution >= 0.6 is 12.4 Å². The molecule has 24 heavy (non-hydrogen) atoms. The summed E-state index contributed by atoms with van der Waals surface area (Å²) in [4.78, 5) is 11.4. The number of carbonyl (C=O) groups excluding carboxylic acids is 1. The Labute approximate surface area is 146 Å². The van der Waals surface area contributed by atoms with Gasteiger partial charge in [-0.25, -0.2) is 8.42 Å². The predicted molar refractivity (Wildman–Crippen MR) is 89.2 cm³/mol. The van der Waals surface area contributed by atoms with Crippen LogP contribution in [0.25, 0.3) is 0 Å². The van der Waals surface area contributed by atoms with Crippen LogP contribution in [-0.4, -0.2) is 39.7 Å². The van der Waals surface area contributed by atoms with Gasteiger partial charge in [-0.15, -0.1) is 12.4 Å². The van der Waals surface area contributed by atoms with E-state index in [1.807, 2.05) is 0 Å². The predicted octanol–water partition coefficient (Wildman–Crippen LogP) is 1.76. The maximum Gasteiger partial charge on any atom is 0.341 e. The van der Waals surface area contributed by atoms with Crippen molar-refractivity contribution in [1.82, 2.24) is 10.6 Å². The van der Waals surface area contributed by atoms with Crippen LogP contribution in [-0.2, 0) is 21.1 Å². The molecule has 2 rings (SSSR count). The molecule has 0 aliphatic carbocycles. The molecule has 1 heterocycles. The molecule has 0 saturated carbocycles. The number of alkyl halides is 2. The lowest BCUT2D eigenvalue weighted by atomic mass is 10.1. The molecule has 136 valence electrons. The van der Waals surface area contributed by atoms with E-state index in [1.165, 1.54) is 12.1 Å². The number of nitrogens with one attached hydrogen (secondary N) is 2. The summed E-state index contributed by atoms with van der Waals surface area (Å²) in [5.74, 6) is -3.02. The first-order valence-corrected chi connectivity index (χ1v) is 9.02. The summed E-state index contributed by atoms with van der Waals surface area (Å²) < 4.78 is 47.4. The van der Waals surface area contributed by atoms with Gasteiger partial charge in [0.15, 0.2) is 0 Å². The first kappa shape index (κ1) is 20.8. The van der Waals surface area contributed by atoms with E-state index >= 15 is 0 Å². The van der Waals surface area contributed by atoms with E-state index in [0.29, 0.717) is 18.0 Å². The Kier molecular flexibility index (Phi) is 8.05. The van der Waals surface area contributed by atoms with E-state index in [2.05, 4.69) is 10.6 Å². The second-order valence-electron chi connectivity index (χ2n) is 5.62. The van der Waals surface area contributed by atoms with Gasteiger partial charge in [-0.05, 0) is 49.5 Å². The molecule has 0 spiro atoms. The molecule has 1 unspecified atom stereocenters. The van der Waals surface area contributed by atoms with Crippen LogP contribution in [0.5, 0.6) is 0 Å². The van der Waals surface area contributed by atoms with Gasteiger partial charge >= 0.3 is 5.76 Å². The Hall–Kier alpha value is -1.25. The van der Waals surface area contributed by atoms with Crippen molar-refractivity contribution in [2.45, 2.75) is 29.9 Å². The van der Waals surface area contributed by atoms with E-state index in [0.717, 1.165) is 38.1 Å². The van der Waals surface area contributed by atoms with Gasteiger partial charge in [0.2, 0.25) is 15.7 Å². The average Bonchev–Trinajstić information content (AvgIpc) is 3.01. The molecule has 0 bridgehead atoms. The third-order valence-electron chi connectivity index (χ3n) is 3.89. The lowest BCUT2D eigenvalue weighted by molar-refractivity contribution is -0.120. The molecule has 1 aliphatic rings. The monoisotopic (exact) mass is 382 g/mol. The summed E-state index contributed by atoms with van der Waals surface area (Å²) in [6, 6.07) is 4.98. The van der Waals surface area contributed by atoms with Crippen molar-refractivity contribution < 1.29 is 22.0 Å². The van der Waals surface area contributed by atoms with Crippen LogP contribution in [0.2, 0.25) is 0 Å². The fourth-order valence-corrected chi connectivity index (χ4v) is 3.25. The molecule has 0 aromatic heterocycles. The minimum atomic E-state index is -4.59. The van der Waals surface area contributed by atoms with Gasteiger partial charge in [0.05, 0.1) is 11.3 Å². The third kappa shape index (κ3) is 5.68. The van der Waals surface area contributed by atoms with E-state index < -0.39 is 20.5 Å². The van der Waals surface area contributed by atoms with Crippen molar-refractivity contribution in [3.8, 4) is 0 Å². The SMILES string of the molecule is Cl.O=C(Cc1ccc(S(=O)(=O)C(F)F)cc1)NCCC1CCNC1. The van der Waals surface area contributed by atoms with E-state index in [-0.39, 0.29) is 24.7 Å². The maximum absolute atomic E-state index is 12.4. The van der Waals surface area contributed by atoms with Gasteiger partial charge in [-0.2, -0.15) is 8.78 Å². The van der Waals surface area contributed by atoms with Crippen molar-refractivity contribution in [3.05, 3.63) is 29.8 Å². The lowest BCUT2D eigenvalue weighted by Crippen LogP contribution is -2.27. The zero-order chi connectivity index (χ0) is 16.9. The lowest BCUT2D eigenvalue weighted by Gasteiger charge is -2.09. The molecule has 1 amide bonds. The standard InChI is InChI=1S/C15H20F2N2O3S.ClH/c16-15(17)23(21,22)13-3-1-11(2-4-13)9-14(20)19-8-6-12-5-7-18-10-12;/h1-4,12,15,18H,5-10H2,(H,19,20);1H. The molecule has 5 nitrogen and oxygen atoms in total. The molecule has 1 aromatic carbocycles. The van der Waals surface area contributed by atoms with Crippen molar-refractivity contribution in [2.75, 3.05) is 19.6 Å². The molecule has 2 N–H and O–H groups in total. The van der Waals surface area contributed by atoms with E-state index in [1.54, 1.807) is 0 Å². The van der Waals surface area contributed by atoms with Crippen molar-refractivity contribution in [1.29, 1.82) is 0 Å². The molecule has 1 atom stereocenters. The number of halogens is 3. The van der Waals surface area contributed by atoms with Gasteiger partial charge in [0.25, 0.3) is 0 Å². The maximum atomic E-state index is 12.4. The minimum absolute atomic E-state index is 0. The van der Waals surface area contributed by atoms with Crippen LogP contribution in [0.3, 0.4) is 0 Å². The largest absolute Gasteiger partial charge is 0.356 e. The highest BCUT2D eigenvalue weighted by Gasteiger charge is 2.26. The van der Waals surface area contributed by atoms with Gasteiger partial charge in [-0.3, -0.25) is 4.79 Å².